The largest absolute Gasteiger partial charge is 0.344 e. The molecule has 0 radical (unpaired) electrons. The molecule has 1 atom stereocenters. The maximum atomic E-state index is 13.2. The second-order valence-corrected chi connectivity index (χ2v) is 6.67. The minimum absolute atomic E-state index is 0.234. The van der Waals surface area contributed by atoms with Gasteiger partial charge < -0.3 is 5.32 Å². The third-order valence-corrected chi connectivity index (χ3v) is 4.82. The lowest BCUT2D eigenvalue weighted by atomic mass is 10.0. The van der Waals surface area contributed by atoms with Gasteiger partial charge in [0.2, 0.25) is 0 Å². The Kier molecular flexibility index (Phi) is 5.24. The molecule has 144 valence electrons. The Morgan fingerprint density at radius 1 is 1.03 bits per heavy atom. The smallest absolute Gasteiger partial charge is 0.270 e. The molecule has 0 spiro atoms. The number of pyridine rings is 3. The van der Waals surface area contributed by atoms with Gasteiger partial charge in [0.15, 0.2) is 0 Å². The molecule has 0 aliphatic carbocycles. The molecule has 3 heterocycles. The summed E-state index contributed by atoms with van der Waals surface area (Å²) in [5, 5.41) is 3.87. The minimum atomic E-state index is -0.304. The zero-order valence-corrected chi connectivity index (χ0v) is 15.8. The number of nitrogens with zero attached hydrogens (tertiary/aromatic N) is 3. The van der Waals surface area contributed by atoms with Crippen molar-refractivity contribution >= 4 is 16.8 Å². The Hall–Kier alpha value is -3.67. The first kappa shape index (κ1) is 18.7. The molecule has 6 heteroatoms. The van der Waals surface area contributed by atoms with Crippen LogP contribution in [0.25, 0.3) is 22.0 Å². The van der Waals surface area contributed by atoms with Gasteiger partial charge in [0.1, 0.15) is 11.5 Å². The molecule has 0 bridgehead atoms. The van der Waals surface area contributed by atoms with Crippen molar-refractivity contribution in [2.24, 2.45) is 0 Å². The molecule has 1 amide bonds. The predicted molar refractivity (Wildman–Crippen MR) is 110 cm³/mol. The lowest BCUT2D eigenvalue weighted by Crippen LogP contribution is -2.29. The second kappa shape index (κ2) is 8.14. The average molecular weight is 386 g/mol. The summed E-state index contributed by atoms with van der Waals surface area (Å²) < 4.78 is 13.2. The number of rotatable bonds is 5. The predicted octanol–water partition coefficient (Wildman–Crippen LogP) is 4.71. The van der Waals surface area contributed by atoms with E-state index in [1.54, 1.807) is 49.1 Å². The van der Waals surface area contributed by atoms with Crippen LogP contribution in [0.5, 0.6) is 0 Å². The number of fused-ring (bicyclic) bond motifs is 1. The van der Waals surface area contributed by atoms with Crippen LogP contribution in [0.15, 0.2) is 73.3 Å². The normalized spacial score (nSPS) is 11.9. The Morgan fingerprint density at radius 3 is 2.48 bits per heavy atom. The van der Waals surface area contributed by atoms with E-state index < -0.39 is 0 Å². The molecule has 3 aromatic heterocycles. The first-order chi connectivity index (χ1) is 14.2. The summed E-state index contributed by atoms with van der Waals surface area (Å²) >= 11 is 0. The summed E-state index contributed by atoms with van der Waals surface area (Å²) in [6.45, 7) is 1.97. The van der Waals surface area contributed by atoms with Gasteiger partial charge in [-0.15, -0.1) is 0 Å². The molecular formula is C23H19FN4O. The number of hydrogen-bond donors (Lipinski definition) is 1. The molecule has 4 aromatic rings. The standard InChI is InChI=1S/C23H19FN4O/c1-2-20(16-3-5-17(24)6-4-16)28-23(29)22-13-18(15-7-10-25-11-8-15)19-14-26-12-9-21(19)27-22/h3-14,20H,2H2,1H3,(H,28,29)/t20-/m0/s1. The van der Waals surface area contributed by atoms with Crippen molar-refractivity contribution < 1.29 is 9.18 Å². The van der Waals surface area contributed by atoms with Gasteiger partial charge >= 0.3 is 0 Å². The first-order valence-corrected chi connectivity index (χ1v) is 9.37. The van der Waals surface area contributed by atoms with Gasteiger partial charge in [-0.2, -0.15) is 0 Å². The molecule has 29 heavy (non-hydrogen) atoms. The number of aromatic nitrogens is 3. The van der Waals surface area contributed by atoms with Crippen molar-refractivity contribution in [3.05, 3.63) is 90.4 Å². The van der Waals surface area contributed by atoms with Crippen LogP contribution < -0.4 is 5.32 Å². The van der Waals surface area contributed by atoms with Gasteiger partial charge in [-0.25, -0.2) is 9.37 Å². The topological polar surface area (TPSA) is 67.8 Å². The number of nitrogens with one attached hydrogen (secondary N) is 1. The molecule has 0 aliphatic heterocycles. The van der Waals surface area contributed by atoms with Crippen LogP contribution in [0.1, 0.15) is 35.4 Å². The number of halogens is 1. The third kappa shape index (κ3) is 3.96. The van der Waals surface area contributed by atoms with Gasteiger partial charge in [0.25, 0.3) is 5.91 Å². The number of benzene rings is 1. The zero-order chi connectivity index (χ0) is 20.2. The lowest BCUT2D eigenvalue weighted by Gasteiger charge is -2.18. The molecule has 0 fully saturated rings. The molecule has 0 saturated carbocycles. The van der Waals surface area contributed by atoms with E-state index in [1.165, 1.54) is 12.1 Å². The van der Waals surface area contributed by atoms with Gasteiger partial charge in [-0.3, -0.25) is 14.8 Å². The number of carbonyl (C=O) groups is 1. The van der Waals surface area contributed by atoms with E-state index >= 15 is 0 Å². The Balaban J connectivity index is 1.71. The van der Waals surface area contributed by atoms with Gasteiger partial charge in [-0.1, -0.05) is 19.1 Å². The fraction of sp³-hybridized carbons (Fsp3) is 0.130. The van der Waals surface area contributed by atoms with E-state index in [9.17, 15) is 9.18 Å². The minimum Gasteiger partial charge on any atom is -0.344 e. The Labute approximate surface area is 167 Å². The highest BCUT2D eigenvalue weighted by Crippen LogP contribution is 2.28. The molecular weight excluding hydrogens is 367 g/mol. The van der Waals surface area contributed by atoms with Crippen molar-refractivity contribution in [3.8, 4) is 11.1 Å². The first-order valence-electron chi connectivity index (χ1n) is 9.37. The van der Waals surface area contributed by atoms with Crippen molar-refractivity contribution in [1.29, 1.82) is 0 Å². The Bertz CT molecular complexity index is 1150. The SMILES string of the molecule is CC[C@H](NC(=O)c1cc(-c2ccncc2)c2cnccc2n1)c1ccc(F)cc1. The van der Waals surface area contributed by atoms with Crippen LogP contribution in [0.3, 0.4) is 0 Å². The van der Waals surface area contributed by atoms with Crippen LogP contribution in [0.4, 0.5) is 4.39 Å². The number of carbonyl (C=O) groups excluding carboxylic acids is 1. The monoisotopic (exact) mass is 386 g/mol. The summed E-state index contributed by atoms with van der Waals surface area (Å²) in [7, 11) is 0. The van der Waals surface area contributed by atoms with Crippen LogP contribution in [0, 0.1) is 5.82 Å². The fourth-order valence-electron chi connectivity index (χ4n) is 3.30. The molecule has 1 aromatic carbocycles. The van der Waals surface area contributed by atoms with Crippen molar-refractivity contribution in [2.75, 3.05) is 0 Å². The van der Waals surface area contributed by atoms with Crippen LogP contribution in [-0.4, -0.2) is 20.9 Å². The highest BCUT2D eigenvalue weighted by Gasteiger charge is 2.18. The summed E-state index contributed by atoms with van der Waals surface area (Å²) in [4.78, 5) is 25.8. The molecule has 5 nitrogen and oxygen atoms in total. The van der Waals surface area contributed by atoms with Crippen LogP contribution >= 0.6 is 0 Å². The molecule has 4 rings (SSSR count). The summed E-state index contributed by atoms with van der Waals surface area (Å²) in [5.74, 6) is -0.586. The maximum Gasteiger partial charge on any atom is 0.270 e. The van der Waals surface area contributed by atoms with Crippen molar-refractivity contribution in [1.82, 2.24) is 20.3 Å². The average Bonchev–Trinajstić information content (AvgIpc) is 2.78. The van der Waals surface area contributed by atoms with Gasteiger partial charge in [0, 0.05) is 30.2 Å². The van der Waals surface area contributed by atoms with E-state index in [2.05, 4.69) is 20.3 Å². The van der Waals surface area contributed by atoms with E-state index in [1.807, 2.05) is 19.1 Å². The van der Waals surface area contributed by atoms with Gasteiger partial charge in [-0.05, 0) is 59.5 Å². The fourth-order valence-corrected chi connectivity index (χ4v) is 3.30. The summed E-state index contributed by atoms with van der Waals surface area (Å²) in [6, 6.07) is 13.3. The molecule has 1 N–H and O–H groups in total. The van der Waals surface area contributed by atoms with Crippen molar-refractivity contribution in [3.63, 3.8) is 0 Å². The van der Waals surface area contributed by atoms with Crippen LogP contribution in [0.2, 0.25) is 0 Å². The highest BCUT2D eigenvalue weighted by molar-refractivity contribution is 6.01. The zero-order valence-electron chi connectivity index (χ0n) is 15.8. The van der Waals surface area contributed by atoms with Gasteiger partial charge in [0.05, 0.1) is 11.6 Å². The second-order valence-electron chi connectivity index (χ2n) is 6.67. The molecule has 0 aliphatic rings. The number of amides is 1. The van der Waals surface area contributed by atoms with Crippen LogP contribution in [-0.2, 0) is 0 Å². The lowest BCUT2D eigenvalue weighted by molar-refractivity contribution is 0.0931. The quantitative estimate of drug-likeness (QED) is 0.539. The highest BCUT2D eigenvalue weighted by atomic mass is 19.1. The molecule has 0 saturated heterocycles. The third-order valence-electron chi connectivity index (χ3n) is 4.82. The van der Waals surface area contributed by atoms with E-state index in [-0.39, 0.29) is 17.8 Å². The van der Waals surface area contributed by atoms with E-state index in [4.69, 9.17) is 0 Å². The summed E-state index contributed by atoms with van der Waals surface area (Å²) in [5.41, 5.74) is 3.65. The summed E-state index contributed by atoms with van der Waals surface area (Å²) in [6.07, 6.45) is 7.48. The van der Waals surface area contributed by atoms with E-state index in [0.717, 1.165) is 22.1 Å². The number of hydrogen-bond acceptors (Lipinski definition) is 4. The van der Waals surface area contributed by atoms with E-state index in [0.29, 0.717) is 17.6 Å². The van der Waals surface area contributed by atoms with Crippen molar-refractivity contribution in [2.45, 2.75) is 19.4 Å². The molecule has 0 unspecified atom stereocenters. The maximum absolute atomic E-state index is 13.2. The Morgan fingerprint density at radius 2 is 1.76 bits per heavy atom.